The Hall–Kier alpha value is -1.19. The molecule has 2 nitrogen and oxygen atoms in total. The maximum atomic E-state index is 5.97. The third-order valence-electron chi connectivity index (χ3n) is 2.69. The quantitative estimate of drug-likeness (QED) is 0.682. The van der Waals surface area contributed by atoms with Crippen molar-refractivity contribution in [2.24, 2.45) is 0 Å². The summed E-state index contributed by atoms with van der Waals surface area (Å²) in [6, 6.07) is 5.83. The minimum atomic E-state index is 0.725. The molecule has 2 heterocycles. The van der Waals surface area contributed by atoms with E-state index in [0.29, 0.717) is 0 Å². The van der Waals surface area contributed by atoms with Gasteiger partial charge in [0, 0.05) is 10.4 Å². The fourth-order valence-electron chi connectivity index (χ4n) is 1.91. The molecule has 0 aliphatic rings. The van der Waals surface area contributed by atoms with Crippen LogP contribution < -0.4 is 0 Å². The summed E-state index contributed by atoms with van der Waals surface area (Å²) in [5, 5.41) is 3.06. The molecule has 4 heteroatoms. The second-order valence-corrected chi connectivity index (χ2v) is 5.51. The molecule has 86 valence electrons. The van der Waals surface area contributed by atoms with Crippen molar-refractivity contribution < 1.29 is 0 Å². The van der Waals surface area contributed by atoms with Crippen molar-refractivity contribution >= 4 is 44.1 Å². The van der Waals surface area contributed by atoms with Gasteiger partial charge in [0.15, 0.2) is 0 Å². The van der Waals surface area contributed by atoms with Crippen LogP contribution in [0.1, 0.15) is 18.4 Å². The monoisotopic (exact) mass is 262 g/mol. The van der Waals surface area contributed by atoms with Crippen molar-refractivity contribution in [1.82, 2.24) is 9.97 Å². The standard InChI is InChI=1S/C13H11ClN2S/c1-2-3-12-16-11-7-15-10-6-8(14)4-5-9(10)13(11)17-12/h4-7H,2-3H2,1H3. The molecule has 0 saturated heterocycles. The molecule has 0 bridgehead atoms. The Morgan fingerprint density at radius 2 is 2.18 bits per heavy atom. The van der Waals surface area contributed by atoms with Crippen molar-refractivity contribution in [3.63, 3.8) is 0 Å². The molecule has 0 aliphatic carbocycles. The van der Waals surface area contributed by atoms with Crippen LogP contribution in [0.4, 0.5) is 0 Å². The fourth-order valence-corrected chi connectivity index (χ4v) is 3.25. The fraction of sp³-hybridized carbons (Fsp3) is 0.231. The molecule has 0 unspecified atom stereocenters. The molecule has 0 saturated carbocycles. The highest BCUT2D eigenvalue weighted by Gasteiger charge is 2.08. The Bertz CT molecular complexity index is 690. The highest BCUT2D eigenvalue weighted by atomic mass is 35.5. The molecule has 0 amide bonds. The zero-order valence-corrected chi connectivity index (χ0v) is 11.0. The Kier molecular flexibility index (Phi) is 2.73. The number of rotatable bonds is 2. The molecular weight excluding hydrogens is 252 g/mol. The average Bonchev–Trinajstić information content (AvgIpc) is 2.72. The first-order chi connectivity index (χ1) is 8.28. The molecule has 2 aromatic heterocycles. The maximum Gasteiger partial charge on any atom is 0.100 e. The van der Waals surface area contributed by atoms with Gasteiger partial charge in [-0.05, 0) is 31.0 Å². The molecule has 3 aromatic rings. The summed E-state index contributed by atoms with van der Waals surface area (Å²) in [6.45, 7) is 2.17. The van der Waals surface area contributed by atoms with E-state index in [2.05, 4.69) is 16.9 Å². The number of pyridine rings is 1. The minimum absolute atomic E-state index is 0.725. The number of hydrogen-bond acceptors (Lipinski definition) is 3. The minimum Gasteiger partial charge on any atom is -0.254 e. The molecule has 1 aromatic carbocycles. The summed E-state index contributed by atoms with van der Waals surface area (Å²) in [4.78, 5) is 9.00. The van der Waals surface area contributed by atoms with E-state index in [0.717, 1.165) is 34.3 Å². The molecular formula is C13H11ClN2S. The molecule has 0 radical (unpaired) electrons. The van der Waals surface area contributed by atoms with Crippen LogP contribution in [-0.2, 0) is 6.42 Å². The Labute approximate surface area is 108 Å². The van der Waals surface area contributed by atoms with E-state index in [9.17, 15) is 0 Å². The number of aryl methyl sites for hydroxylation is 1. The van der Waals surface area contributed by atoms with Crippen LogP contribution in [0.3, 0.4) is 0 Å². The Balaban J connectivity index is 2.31. The van der Waals surface area contributed by atoms with E-state index < -0.39 is 0 Å². The third kappa shape index (κ3) is 1.90. The van der Waals surface area contributed by atoms with Crippen LogP contribution >= 0.6 is 22.9 Å². The molecule has 0 aliphatic heterocycles. The predicted octanol–water partition coefficient (Wildman–Crippen LogP) is 4.45. The number of halogens is 1. The molecule has 0 fully saturated rings. The van der Waals surface area contributed by atoms with Gasteiger partial charge in [-0.25, -0.2) is 4.98 Å². The van der Waals surface area contributed by atoms with Crippen molar-refractivity contribution in [2.45, 2.75) is 19.8 Å². The lowest BCUT2D eigenvalue weighted by atomic mass is 10.2. The second kappa shape index (κ2) is 4.24. The van der Waals surface area contributed by atoms with Crippen LogP contribution in [0.25, 0.3) is 21.1 Å². The lowest BCUT2D eigenvalue weighted by Gasteiger charge is -1.97. The van der Waals surface area contributed by atoms with Gasteiger partial charge in [-0.15, -0.1) is 11.3 Å². The van der Waals surface area contributed by atoms with Crippen molar-refractivity contribution in [2.75, 3.05) is 0 Å². The number of benzene rings is 1. The first-order valence-electron chi connectivity index (χ1n) is 5.61. The SMILES string of the molecule is CCCc1nc2cnc3cc(Cl)ccc3c2s1. The van der Waals surface area contributed by atoms with Gasteiger partial charge in [-0.2, -0.15) is 0 Å². The number of hydrogen-bond donors (Lipinski definition) is 0. The molecule has 0 atom stereocenters. The Morgan fingerprint density at radius 3 is 3.00 bits per heavy atom. The lowest BCUT2D eigenvalue weighted by molar-refractivity contribution is 0.912. The van der Waals surface area contributed by atoms with Crippen LogP contribution in [0.5, 0.6) is 0 Å². The van der Waals surface area contributed by atoms with E-state index >= 15 is 0 Å². The van der Waals surface area contributed by atoms with Crippen molar-refractivity contribution in [3.05, 3.63) is 34.4 Å². The van der Waals surface area contributed by atoms with Gasteiger partial charge in [0.2, 0.25) is 0 Å². The summed E-state index contributed by atoms with van der Waals surface area (Å²) < 4.78 is 1.22. The van der Waals surface area contributed by atoms with Crippen LogP contribution in [-0.4, -0.2) is 9.97 Å². The number of nitrogens with zero attached hydrogens (tertiary/aromatic N) is 2. The lowest BCUT2D eigenvalue weighted by Crippen LogP contribution is -1.80. The van der Waals surface area contributed by atoms with E-state index in [1.807, 2.05) is 24.4 Å². The predicted molar refractivity (Wildman–Crippen MR) is 73.9 cm³/mol. The Morgan fingerprint density at radius 1 is 1.29 bits per heavy atom. The number of thiazole rings is 1. The number of aromatic nitrogens is 2. The van der Waals surface area contributed by atoms with Gasteiger partial charge in [0.05, 0.1) is 21.4 Å². The summed E-state index contributed by atoms with van der Waals surface area (Å²) in [5.41, 5.74) is 1.94. The highest BCUT2D eigenvalue weighted by Crippen LogP contribution is 2.30. The van der Waals surface area contributed by atoms with Crippen LogP contribution in [0, 0.1) is 0 Å². The molecule has 3 rings (SSSR count). The van der Waals surface area contributed by atoms with E-state index in [1.165, 1.54) is 9.71 Å². The van der Waals surface area contributed by atoms with Gasteiger partial charge < -0.3 is 0 Å². The van der Waals surface area contributed by atoms with Gasteiger partial charge >= 0.3 is 0 Å². The van der Waals surface area contributed by atoms with Gasteiger partial charge in [-0.3, -0.25) is 4.98 Å². The van der Waals surface area contributed by atoms with E-state index in [-0.39, 0.29) is 0 Å². The van der Waals surface area contributed by atoms with Crippen molar-refractivity contribution in [3.8, 4) is 0 Å². The van der Waals surface area contributed by atoms with Crippen LogP contribution in [0.15, 0.2) is 24.4 Å². The second-order valence-electron chi connectivity index (χ2n) is 3.99. The highest BCUT2D eigenvalue weighted by molar-refractivity contribution is 7.19. The maximum absolute atomic E-state index is 5.97. The molecule has 0 N–H and O–H groups in total. The van der Waals surface area contributed by atoms with Crippen LogP contribution in [0.2, 0.25) is 5.02 Å². The van der Waals surface area contributed by atoms with E-state index in [4.69, 9.17) is 11.6 Å². The summed E-state index contributed by atoms with van der Waals surface area (Å²) in [6.07, 6.45) is 4.00. The first-order valence-corrected chi connectivity index (χ1v) is 6.81. The van der Waals surface area contributed by atoms with Gasteiger partial charge in [0.1, 0.15) is 5.52 Å². The first kappa shape index (κ1) is 10.9. The van der Waals surface area contributed by atoms with E-state index in [1.54, 1.807) is 11.3 Å². The average molecular weight is 263 g/mol. The number of fused-ring (bicyclic) bond motifs is 3. The van der Waals surface area contributed by atoms with Gasteiger partial charge in [-0.1, -0.05) is 18.5 Å². The topological polar surface area (TPSA) is 25.8 Å². The smallest absolute Gasteiger partial charge is 0.100 e. The van der Waals surface area contributed by atoms with Crippen molar-refractivity contribution in [1.29, 1.82) is 0 Å². The molecule has 0 spiro atoms. The zero-order valence-electron chi connectivity index (χ0n) is 9.40. The summed E-state index contributed by atoms with van der Waals surface area (Å²) in [7, 11) is 0. The largest absolute Gasteiger partial charge is 0.254 e. The van der Waals surface area contributed by atoms with Gasteiger partial charge in [0.25, 0.3) is 0 Å². The zero-order chi connectivity index (χ0) is 11.8. The summed E-state index contributed by atoms with van der Waals surface area (Å²) in [5.74, 6) is 0. The third-order valence-corrected chi connectivity index (χ3v) is 4.09. The molecule has 17 heavy (non-hydrogen) atoms. The normalized spacial score (nSPS) is 11.4. The summed E-state index contributed by atoms with van der Waals surface area (Å²) >= 11 is 7.74.